The first-order chi connectivity index (χ1) is 16.0. The highest BCUT2D eigenvalue weighted by Crippen LogP contribution is 2.51. The van der Waals surface area contributed by atoms with Crippen LogP contribution in [0.25, 0.3) is 0 Å². The van der Waals surface area contributed by atoms with Crippen LogP contribution in [0.4, 0.5) is 0 Å². The summed E-state index contributed by atoms with van der Waals surface area (Å²) in [7, 11) is -5.05. The highest BCUT2D eigenvalue weighted by atomic mass is 31.2. The van der Waals surface area contributed by atoms with Crippen molar-refractivity contribution in [2.75, 3.05) is 26.5 Å². The summed E-state index contributed by atoms with van der Waals surface area (Å²) < 4.78 is 35.6. The van der Waals surface area contributed by atoms with Gasteiger partial charge in [0.25, 0.3) is 0 Å². The van der Waals surface area contributed by atoms with Gasteiger partial charge in [-0.2, -0.15) is 0 Å². The van der Waals surface area contributed by atoms with E-state index in [9.17, 15) is 14.2 Å². The molecular formula is C27H44O5P2. The van der Waals surface area contributed by atoms with Crippen molar-refractivity contribution >= 4 is 14.7 Å². The van der Waals surface area contributed by atoms with Crippen molar-refractivity contribution in [3.63, 3.8) is 0 Å². The minimum absolute atomic E-state index is 0.0178. The SMILES string of the molecule is CCOP(C)(=O)[C@H](CC)Cc1cccc(C)c1.CCOP(C)(=O)[C@H](CC)Cc1cccc(O)c1. The minimum Gasteiger partial charge on any atom is -0.508 e. The fourth-order valence-corrected chi connectivity index (χ4v) is 7.93. The van der Waals surface area contributed by atoms with Gasteiger partial charge in [-0.15, -0.1) is 0 Å². The summed E-state index contributed by atoms with van der Waals surface area (Å²) in [5.41, 5.74) is 3.64. The van der Waals surface area contributed by atoms with Gasteiger partial charge in [0.1, 0.15) is 5.75 Å². The molecule has 0 heterocycles. The Morgan fingerprint density at radius 3 is 1.59 bits per heavy atom. The van der Waals surface area contributed by atoms with Gasteiger partial charge in [-0.1, -0.05) is 55.8 Å². The summed E-state index contributed by atoms with van der Waals surface area (Å²) in [6.45, 7) is 14.4. The largest absolute Gasteiger partial charge is 0.508 e. The van der Waals surface area contributed by atoms with Crippen molar-refractivity contribution in [2.24, 2.45) is 0 Å². The molecule has 7 heteroatoms. The van der Waals surface area contributed by atoms with Crippen LogP contribution in [0.5, 0.6) is 5.75 Å². The zero-order valence-electron chi connectivity index (χ0n) is 22.0. The molecule has 34 heavy (non-hydrogen) atoms. The quantitative estimate of drug-likeness (QED) is 0.294. The molecular weight excluding hydrogens is 466 g/mol. The van der Waals surface area contributed by atoms with Gasteiger partial charge in [-0.05, 0) is 69.7 Å². The molecule has 5 nitrogen and oxygen atoms in total. The molecule has 0 radical (unpaired) electrons. The number of benzene rings is 2. The molecule has 0 saturated heterocycles. The van der Waals surface area contributed by atoms with E-state index in [1.54, 1.807) is 31.5 Å². The molecule has 0 saturated carbocycles. The highest BCUT2D eigenvalue weighted by Gasteiger charge is 2.28. The predicted octanol–water partition coefficient (Wildman–Crippen LogP) is 7.92. The number of hydrogen-bond donors (Lipinski definition) is 1. The van der Waals surface area contributed by atoms with Gasteiger partial charge < -0.3 is 14.2 Å². The standard InChI is InChI=1S/C14H23O2P.C13H21O3P/c1-5-14(17(4,15)16-6-2)11-13-9-7-8-12(3)10-13;1-4-13(17(3,15)16-5-2)10-11-7-6-8-12(14)9-11/h7-10,14H,5-6,11H2,1-4H3;6-9,13-14H,4-5,10H2,1-3H3/t14-,17?;13-,17?/m11/s1. The number of aryl methyl sites for hydroxylation is 1. The molecule has 2 rings (SSSR count). The van der Waals surface area contributed by atoms with Crippen LogP contribution in [0, 0.1) is 6.92 Å². The van der Waals surface area contributed by atoms with Gasteiger partial charge in [0.05, 0.1) is 13.2 Å². The highest BCUT2D eigenvalue weighted by molar-refractivity contribution is 7.59. The van der Waals surface area contributed by atoms with E-state index in [0.29, 0.717) is 19.6 Å². The van der Waals surface area contributed by atoms with Crippen LogP contribution in [-0.2, 0) is 31.0 Å². The van der Waals surface area contributed by atoms with E-state index < -0.39 is 14.7 Å². The minimum atomic E-state index is -2.56. The number of phenolic OH excluding ortho intramolecular Hbond substituents is 1. The molecule has 2 aromatic rings. The maximum Gasteiger partial charge on any atom is 0.203 e. The number of phenols is 1. The summed E-state index contributed by atoms with van der Waals surface area (Å²) in [4.78, 5) is 0. The van der Waals surface area contributed by atoms with E-state index in [1.807, 2.05) is 26.8 Å². The number of rotatable bonds is 12. The summed E-state index contributed by atoms with van der Waals surface area (Å²) in [5, 5.41) is 9.40. The second kappa shape index (κ2) is 14.9. The van der Waals surface area contributed by atoms with Crippen molar-refractivity contribution in [1.29, 1.82) is 0 Å². The molecule has 2 unspecified atom stereocenters. The predicted molar refractivity (Wildman–Crippen MR) is 145 cm³/mol. The van der Waals surface area contributed by atoms with Gasteiger partial charge in [0.15, 0.2) is 0 Å². The van der Waals surface area contributed by atoms with Crippen molar-refractivity contribution in [3.05, 3.63) is 65.2 Å². The Morgan fingerprint density at radius 2 is 1.21 bits per heavy atom. The van der Waals surface area contributed by atoms with Crippen LogP contribution < -0.4 is 0 Å². The summed E-state index contributed by atoms with van der Waals surface area (Å²) in [6, 6.07) is 15.5. The third kappa shape index (κ3) is 10.5. The van der Waals surface area contributed by atoms with E-state index >= 15 is 0 Å². The zero-order chi connectivity index (χ0) is 25.8. The third-order valence-corrected chi connectivity index (χ3v) is 11.3. The van der Waals surface area contributed by atoms with Crippen LogP contribution in [0.15, 0.2) is 48.5 Å². The summed E-state index contributed by atoms with van der Waals surface area (Å²) in [5.74, 6) is 0.250. The Kier molecular flexibility index (Phi) is 13.4. The molecule has 0 amide bonds. The maximum absolute atomic E-state index is 12.4. The van der Waals surface area contributed by atoms with Crippen molar-refractivity contribution in [3.8, 4) is 5.75 Å². The molecule has 0 aromatic heterocycles. The fourth-order valence-electron chi connectivity index (χ4n) is 4.07. The summed E-state index contributed by atoms with van der Waals surface area (Å²) in [6.07, 6.45) is 3.22. The molecule has 1 N–H and O–H groups in total. The van der Waals surface area contributed by atoms with E-state index in [-0.39, 0.29) is 17.1 Å². The monoisotopic (exact) mass is 510 g/mol. The third-order valence-electron chi connectivity index (χ3n) is 5.98. The van der Waals surface area contributed by atoms with E-state index in [4.69, 9.17) is 9.05 Å². The molecule has 2 aromatic carbocycles. The van der Waals surface area contributed by atoms with Crippen LogP contribution in [-0.4, -0.2) is 43.0 Å². The average Bonchev–Trinajstić information content (AvgIpc) is 2.76. The number of aromatic hydroxyl groups is 1. The maximum atomic E-state index is 12.4. The molecule has 0 bridgehead atoms. The molecule has 4 atom stereocenters. The second-order valence-electron chi connectivity index (χ2n) is 8.84. The molecule has 0 spiro atoms. The van der Waals surface area contributed by atoms with Crippen molar-refractivity contribution in [2.45, 2.75) is 71.6 Å². The lowest BCUT2D eigenvalue weighted by Crippen LogP contribution is -2.12. The number of hydrogen-bond acceptors (Lipinski definition) is 5. The van der Waals surface area contributed by atoms with Crippen LogP contribution in [0.3, 0.4) is 0 Å². The topological polar surface area (TPSA) is 72.8 Å². The lowest BCUT2D eigenvalue weighted by molar-refractivity contribution is 0.327. The molecule has 0 fully saturated rings. The normalized spacial score (nSPS) is 16.4. The van der Waals surface area contributed by atoms with E-state index in [1.165, 1.54) is 11.1 Å². The summed E-state index contributed by atoms with van der Waals surface area (Å²) >= 11 is 0. The first-order valence-electron chi connectivity index (χ1n) is 12.3. The average molecular weight is 511 g/mol. The van der Waals surface area contributed by atoms with Gasteiger partial charge in [-0.3, -0.25) is 9.13 Å². The molecule has 0 aliphatic rings. The van der Waals surface area contributed by atoms with Crippen LogP contribution in [0.1, 0.15) is 57.2 Å². The van der Waals surface area contributed by atoms with Crippen LogP contribution in [0.2, 0.25) is 0 Å². The first-order valence-corrected chi connectivity index (χ1v) is 16.5. The first kappa shape index (κ1) is 30.7. The fraction of sp³-hybridized carbons (Fsp3) is 0.556. The Bertz CT molecular complexity index is 882. The lowest BCUT2D eigenvalue weighted by Gasteiger charge is -2.23. The molecule has 0 aliphatic heterocycles. The zero-order valence-corrected chi connectivity index (χ0v) is 23.8. The smallest absolute Gasteiger partial charge is 0.203 e. The van der Waals surface area contributed by atoms with Crippen molar-refractivity contribution < 1.29 is 23.3 Å². The lowest BCUT2D eigenvalue weighted by atomic mass is 10.1. The van der Waals surface area contributed by atoms with Crippen molar-refractivity contribution in [1.82, 2.24) is 0 Å². The Morgan fingerprint density at radius 1 is 0.765 bits per heavy atom. The Hall–Kier alpha value is -1.38. The van der Waals surface area contributed by atoms with Gasteiger partial charge >= 0.3 is 0 Å². The van der Waals surface area contributed by atoms with Gasteiger partial charge in [0, 0.05) is 24.6 Å². The molecule has 192 valence electrons. The Labute approximate surface area is 207 Å². The Balaban J connectivity index is 0.000000340. The van der Waals surface area contributed by atoms with Gasteiger partial charge in [-0.25, -0.2) is 0 Å². The van der Waals surface area contributed by atoms with E-state index in [0.717, 1.165) is 24.8 Å². The van der Waals surface area contributed by atoms with Crippen LogP contribution >= 0.6 is 14.7 Å². The van der Waals surface area contributed by atoms with E-state index in [2.05, 4.69) is 38.1 Å². The molecule has 0 aliphatic carbocycles. The van der Waals surface area contributed by atoms with Gasteiger partial charge in [0.2, 0.25) is 14.7 Å². The second-order valence-corrected chi connectivity index (χ2v) is 14.5.